The second-order valence-electron chi connectivity index (χ2n) is 33.6. The molecule has 0 amide bonds. The maximum Gasteiger partial charge on any atom is 0.472 e. The predicted octanol–water partition coefficient (Wildman–Crippen LogP) is -2.94. The van der Waals surface area contributed by atoms with Gasteiger partial charge in [0, 0.05) is 69.5 Å². The van der Waals surface area contributed by atoms with Crippen molar-refractivity contribution in [1.82, 2.24) is 87.2 Å². The zero-order chi connectivity index (χ0) is 103. The van der Waals surface area contributed by atoms with E-state index in [2.05, 4.69) is 59.8 Å². The molecular weight excluding hydrogens is 2120 g/mol. The van der Waals surface area contributed by atoms with Crippen molar-refractivity contribution in [2.75, 3.05) is 105 Å². The van der Waals surface area contributed by atoms with Gasteiger partial charge >= 0.3 is 59.6 Å². The van der Waals surface area contributed by atoms with Crippen LogP contribution in [0.25, 0.3) is 33.5 Å². The van der Waals surface area contributed by atoms with Crippen molar-refractivity contribution in [2.45, 2.75) is 194 Å². The highest BCUT2D eigenvalue weighted by atomic mass is 32.5. The monoisotopic (exact) mass is 2210 g/mol. The molecular formula is C71H95N21O41P6S4. The topological polar surface area (TPSA) is 811 Å². The lowest BCUT2D eigenvalue weighted by atomic mass is 9.94. The molecule has 8 aliphatic rings. The van der Waals surface area contributed by atoms with Crippen LogP contribution in [0.15, 0.2) is 82.3 Å². The summed E-state index contributed by atoms with van der Waals surface area (Å²) >= 11 is 22.1. The zero-order valence-electron chi connectivity index (χ0n) is 75.6. The number of nitrogens with two attached hydrogens (primary N) is 3. The van der Waals surface area contributed by atoms with Crippen LogP contribution in [0.1, 0.15) is 80.7 Å². The number of phosphoric ester groups is 2. The first-order valence-corrected chi connectivity index (χ1v) is 56.2. The number of H-pyrrole nitrogens is 5. The van der Waals surface area contributed by atoms with Gasteiger partial charge in [-0.05, 0) is 81.8 Å². The number of aryl methyl sites for hydroxylation is 3. The van der Waals surface area contributed by atoms with Crippen molar-refractivity contribution in [3.8, 4) is 0 Å². The van der Waals surface area contributed by atoms with E-state index in [1.54, 1.807) is 0 Å². The molecule has 0 aromatic carbocycles. The molecule has 8 fully saturated rings. The third-order valence-electron chi connectivity index (χ3n) is 24.5. The Balaban J connectivity index is 0.648. The molecule has 72 heteroatoms. The van der Waals surface area contributed by atoms with Crippen LogP contribution >= 0.6 is 42.5 Å². The van der Waals surface area contributed by atoms with Gasteiger partial charge in [-0.3, -0.25) is 103 Å². The van der Waals surface area contributed by atoms with E-state index < -0.39 is 292 Å². The van der Waals surface area contributed by atoms with E-state index in [1.807, 2.05) is 0 Å². The van der Waals surface area contributed by atoms with E-state index in [4.69, 9.17) is 176 Å². The van der Waals surface area contributed by atoms with Gasteiger partial charge in [0.2, 0.25) is 11.9 Å². The Morgan fingerprint density at radius 1 is 0.441 bits per heavy atom. The van der Waals surface area contributed by atoms with E-state index >= 15 is 9.13 Å². The first-order valence-electron chi connectivity index (χ1n) is 42.9. The second kappa shape index (κ2) is 41.8. The summed E-state index contributed by atoms with van der Waals surface area (Å²) in [5.74, 6) is -0.821. The van der Waals surface area contributed by atoms with E-state index in [-0.39, 0.29) is 88.8 Å². The van der Waals surface area contributed by atoms with E-state index in [9.17, 15) is 72.8 Å². The lowest BCUT2D eigenvalue weighted by Gasteiger charge is -2.37. The van der Waals surface area contributed by atoms with Crippen LogP contribution in [0.2, 0.25) is 0 Å². The summed E-state index contributed by atoms with van der Waals surface area (Å²) in [6.07, 6.45) is -27.2. The number of fused-ring (bicyclic) bond motifs is 7. The number of rotatable bonds is 43. The fraction of sp³-hybridized carbons (Fsp3) is 0.620. The first kappa shape index (κ1) is 107. The van der Waals surface area contributed by atoms with Gasteiger partial charge in [0.15, 0.2) is 58.7 Å². The number of hydrogen-bond donors (Lipinski definition) is 15. The quantitative estimate of drug-likeness (QED) is 0.0134. The van der Waals surface area contributed by atoms with E-state index in [0.717, 1.165) is 55.0 Å². The normalized spacial score (nSPS) is 32.1. The molecule has 17 heterocycles. The number of aliphatic hydroxyl groups is 1. The summed E-state index contributed by atoms with van der Waals surface area (Å²) in [4.78, 5) is 218. The minimum atomic E-state index is -5.97. The molecule has 18 N–H and O–H groups in total. The van der Waals surface area contributed by atoms with Crippen molar-refractivity contribution in [3.63, 3.8) is 0 Å². The number of hydrogen-bond acceptors (Lipinski definition) is 49. The second-order valence-corrected chi connectivity index (χ2v) is 47.7. The highest BCUT2D eigenvalue weighted by Crippen LogP contribution is 2.64. The van der Waals surface area contributed by atoms with Crippen LogP contribution in [0.5, 0.6) is 0 Å². The van der Waals surface area contributed by atoms with Gasteiger partial charge in [-0.2, -0.15) is 9.97 Å². The largest absolute Gasteiger partial charge is 0.472 e. The Labute approximate surface area is 820 Å². The molecule has 0 aliphatic carbocycles. The zero-order valence-corrected chi connectivity index (χ0v) is 84.2. The van der Waals surface area contributed by atoms with Gasteiger partial charge in [0.25, 0.3) is 27.8 Å². The summed E-state index contributed by atoms with van der Waals surface area (Å²) in [6, 6.07) is 0. The smallest absolute Gasteiger partial charge is 0.394 e. The third-order valence-corrected chi connectivity index (χ3v) is 32.8. The van der Waals surface area contributed by atoms with Crippen molar-refractivity contribution in [1.29, 1.82) is 0 Å². The van der Waals surface area contributed by atoms with Crippen LogP contribution in [-0.2, 0) is 167 Å². The van der Waals surface area contributed by atoms with Gasteiger partial charge in [0.1, 0.15) is 109 Å². The fourth-order valence-electron chi connectivity index (χ4n) is 17.6. The van der Waals surface area contributed by atoms with Crippen molar-refractivity contribution < 1.29 is 155 Å². The van der Waals surface area contributed by atoms with Gasteiger partial charge < -0.3 is 136 Å². The number of nitrogen functional groups attached to an aromatic ring is 3. The maximum atomic E-state index is 15.5. The van der Waals surface area contributed by atoms with Gasteiger partial charge in [-0.1, -0.05) is 0 Å². The van der Waals surface area contributed by atoms with Crippen LogP contribution < -0.4 is 62.1 Å². The number of nitrogens with one attached hydrogen (secondary N) is 5. The molecule has 9 aromatic rings. The molecule has 8 aliphatic heterocycles. The lowest BCUT2D eigenvalue weighted by molar-refractivity contribution is -0.218. The average Bonchev–Trinajstić information content (AvgIpc) is 1.05. The van der Waals surface area contributed by atoms with E-state index in [0.29, 0.717) is 0 Å². The lowest BCUT2D eigenvalue weighted by Crippen LogP contribution is -2.51. The molecule has 0 spiro atoms. The maximum absolute atomic E-state index is 15.5. The number of aromatic amines is 5. The number of methoxy groups -OCH3 is 2. The van der Waals surface area contributed by atoms with Crippen molar-refractivity contribution >= 4 is 141 Å². The minimum absolute atomic E-state index is 0.00588. The Morgan fingerprint density at radius 3 is 1.33 bits per heavy atom. The fourth-order valence-corrected chi connectivity index (χ4v) is 25.0. The highest BCUT2D eigenvalue weighted by Gasteiger charge is 2.72. The standard InChI is InChI=1S/C71H95N21O41P6S4/c1-28-15-87(67(99)84-56(28)94)39-13-33(128-136(106,140)112-8)36(122-39)19-115-137(107,141)129-34-14-40(88-16-29(2)57(95)85-68(88)100)123-37(34)20-116-139(109,143)133-51-49-64(92-27-79-43-55(92)81-66(74)83-60(43)98)127-71(51,32(5)121-49)23-119-135(104,105)132-50-48-63(89-17-30(3)58(96)86-69(89)101)126-70(50,31(4)120-48)22-118-134(102,103)130-45-38(125-62(47(45)114-12-10-111-7)91-26-78-42-54(91)80-65(73)82-59(42)97)21-117-138(108,142)131-44-35(18-93)124-61(46(44)113-11-9-110-6)90-25-77-41-52(72)75-24-76-53(41)90/h15-17,24-27,31-40,44-51,61-64,93H,9-14,18-23H2,1-8H3,(H,102,103)(H,104,105)(H,106,140)(H,107,141)(H,108,142)(H,109,143)(H2,72,75,76)(H,84,94,99)(H,85,95,100)(H,86,96,101)(H3,73,80,82,97)(H3,74,81,83,98)/t31-,32-,33?,34?,35+,36+,37+,38+,39+,40+,44?,45?,46-,47-,48-,49-,50?,51?,61+,62+,63+,64+,70-,71-,136?,137?,138?,139?/m0/s1. The number of imidazole rings is 3. The number of aliphatic hydroxyl groups excluding tert-OH is 1. The Bertz CT molecular complexity index is 7160. The number of anilines is 3. The summed E-state index contributed by atoms with van der Waals surface area (Å²) in [5, 5.41) is 10.8. The van der Waals surface area contributed by atoms with Crippen LogP contribution in [0, 0.1) is 20.8 Å². The minimum Gasteiger partial charge on any atom is -0.394 e. The van der Waals surface area contributed by atoms with Crippen molar-refractivity contribution in [2.24, 2.45) is 0 Å². The molecule has 143 heavy (non-hydrogen) atoms. The van der Waals surface area contributed by atoms with Crippen LogP contribution in [0.4, 0.5) is 17.7 Å². The molecule has 784 valence electrons. The van der Waals surface area contributed by atoms with Crippen molar-refractivity contribution in [3.05, 3.63) is 144 Å². The summed E-state index contributed by atoms with van der Waals surface area (Å²) in [6.45, 7) is -18.3. The van der Waals surface area contributed by atoms with E-state index in [1.165, 1.54) is 72.3 Å². The van der Waals surface area contributed by atoms with Gasteiger partial charge in [-0.25, -0.2) is 48.4 Å². The molecule has 12 unspecified atom stereocenters. The van der Waals surface area contributed by atoms with Crippen LogP contribution in [-0.4, -0.2) is 318 Å². The van der Waals surface area contributed by atoms with Gasteiger partial charge in [0.05, 0.1) is 109 Å². The Kier molecular flexibility index (Phi) is 31.2. The number of nitrogens with zero attached hydrogens (tertiary/aromatic N) is 13. The molecule has 17 rings (SSSR count). The number of phosphoric acid groups is 2. The molecule has 62 nitrogen and oxygen atoms in total. The summed E-state index contributed by atoms with van der Waals surface area (Å²) in [5.41, 5.74) is 5.61. The molecule has 4 bridgehead atoms. The SMILES string of the molecule is COCCO[C@H]1C(OP(O)(=S)OC[C@H]2O[C@@H](n3cnc4c(=O)[nH]c(N)nc43)[C@@H](OCCOC)C2OP(=O)(O)OC[C@]23O[C@@H](n4cc(C)c(=O)[nH]c4=O)[C@@H](O[C@H]2C)C3OP(=O)(O)OC[C@]23O[C@@H](n4cnc5c(=O)[nH]c(N)nc54)[C@@H](O[C@H]2C)C3OP(O)(=S)OC[C@H]2O[C@@H](n3cc(C)c(=O)[nH]c3=O)CC2OP(O)(=S)OC[C@H]2O[C@@H](n3cc(C)c(=O)[nH]c3=O)CC2OP(O)(=S)OC)[C@@H](CO)O[C@H]1n1cnc2c(N)ncnc21. The van der Waals surface area contributed by atoms with Crippen LogP contribution in [0.3, 0.4) is 0 Å². The first-order chi connectivity index (χ1) is 67.6. The Hall–Kier alpha value is -7.49. The molecule has 0 saturated carbocycles. The molecule has 8 saturated heterocycles. The molecule has 0 radical (unpaired) electrons. The summed E-state index contributed by atoms with van der Waals surface area (Å²) < 4.78 is 184. The molecule has 30 atom stereocenters. The number of aromatic nitrogens is 18. The number of ether oxygens (including phenoxy) is 12. The average molecular weight is 2210 g/mol. The predicted molar refractivity (Wildman–Crippen MR) is 494 cm³/mol. The van der Waals surface area contributed by atoms with Gasteiger partial charge in [-0.15, -0.1) is 0 Å². The molecule has 9 aromatic heterocycles. The highest BCUT2D eigenvalue weighted by molar-refractivity contribution is 8.08. The Morgan fingerprint density at radius 2 is 0.846 bits per heavy atom. The summed E-state index contributed by atoms with van der Waals surface area (Å²) in [7, 11) is -8.11. The third kappa shape index (κ3) is 21.9.